The lowest BCUT2D eigenvalue weighted by Crippen LogP contribution is -2.49. The van der Waals surface area contributed by atoms with E-state index in [4.69, 9.17) is 26.2 Å². The van der Waals surface area contributed by atoms with Crippen LogP contribution in [0.15, 0.2) is 72.8 Å². The number of nitrogens with zero attached hydrogens (tertiary/aromatic N) is 1. The van der Waals surface area contributed by atoms with Gasteiger partial charge in [0, 0.05) is 49.1 Å². The van der Waals surface area contributed by atoms with E-state index in [1.54, 1.807) is 0 Å². The third-order valence-electron chi connectivity index (χ3n) is 8.93. The minimum Gasteiger partial charge on any atom is -0.481 e. The third kappa shape index (κ3) is 8.49. The van der Waals surface area contributed by atoms with E-state index in [-0.39, 0.29) is 43.5 Å². The summed E-state index contributed by atoms with van der Waals surface area (Å²) in [4.78, 5) is 25.0. The van der Waals surface area contributed by atoms with Crippen LogP contribution in [0.2, 0.25) is 5.02 Å². The fourth-order valence-corrected chi connectivity index (χ4v) is 6.17. The van der Waals surface area contributed by atoms with Crippen LogP contribution in [0.4, 0.5) is 0 Å². The molecule has 2 heterocycles. The summed E-state index contributed by atoms with van der Waals surface area (Å²) in [6, 6.07) is 22.9. The lowest BCUT2D eigenvalue weighted by atomic mass is 9.84. The highest BCUT2D eigenvalue weighted by Crippen LogP contribution is 2.42. The van der Waals surface area contributed by atoms with Crippen LogP contribution in [0.3, 0.4) is 0 Å². The van der Waals surface area contributed by atoms with Gasteiger partial charge in [-0.3, -0.25) is 9.59 Å². The van der Waals surface area contributed by atoms with Gasteiger partial charge in [0.25, 0.3) is 0 Å². The SMILES string of the molecule is CC1C(CN2CCC(O)(c3ccc(Cl)cc3)CC2)OC(c2ccc(CNC(=O)CCC(=O)O)cc2)OC1c1ccc(CO)cc1. The number of aliphatic hydroxyl groups excluding tert-OH is 1. The van der Waals surface area contributed by atoms with Gasteiger partial charge >= 0.3 is 5.97 Å². The number of carboxylic acids is 1. The summed E-state index contributed by atoms with van der Waals surface area (Å²) in [6.07, 6.45) is -0.0676. The number of halogens is 1. The Morgan fingerprint density at radius 2 is 1.53 bits per heavy atom. The molecule has 5 rings (SSSR count). The van der Waals surface area contributed by atoms with Crippen LogP contribution < -0.4 is 5.32 Å². The molecule has 240 valence electrons. The van der Waals surface area contributed by atoms with Crippen molar-refractivity contribution in [3.8, 4) is 0 Å². The van der Waals surface area contributed by atoms with E-state index >= 15 is 0 Å². The summed E-state index contributed by atoms with van der Waals surface area (Å²) in [5.74, 6) is -1.28. The number of carbonyl (C=O) groups excluding carboxylic acids is 1. The average molecular weight is 637 g/mol. The molecule has 0 spiro atoms. The van der Waals surface area contributed by atoms with Crippen LogP contribution >= 0.6 is 11.6 Å². The van der Waals surface area contributed by atoms with Gasteiger partial charge in [-0.05, 0) is 47.2 Å². The summed E-state index contributed by atoms with van der Waals surface area (Å²) in [7, 11) is 0. The topological polar surface area (TPSA) is 129 Å². The van der Waals surface area contributed by atoms with E-state index in [1.165, 1.54) is 0 Å². The molecule has 10 heteroatoms. The molecule has 4 N–H and O–H groups in total. The van der Waals surface area contributed by atoms with Crippen molar-refractivity contribution in [1.29, 1.82) is 0 Å². The Kier molecular flexibility index (Phi) is 10.9. The molecule has 9 nitrogen and oxygen atoms in total. The molecule has 4 atom stereocenters. The minimum atomic E-state index is -1.00. The molecule has 0 radical (unpaired) electrons. The monoisotopic (exact) mass is 636 g/mol. The first-order valence-electron chi connectivity index (χ1n) is 15.4. The molecule has 2 fully saturated rings. The van der Waals surface area contributed by atoms with Gasteiger partial charge in [-0.25, -0.2) is 0 Å². The largest absolute Gasteiger partial charge is 0.481 e. The highest BCUT2D eigenvalue weighted by molar-refractivity contribution is 6.30. The zero-order valence-corrected chi connectivity index (χ0v) is 26.2. The van der Waals surface area contributed by atoms with Crippen LogP contribution in [-0.4, -0.2) is 57.8 Å². The lowest BCUT2D eigenvalue weighted by Gasteiger charge is -2.45. The quantitative estimate of drug-likeness (QED) is 0.229. The molecular weight excluding hydrogens is 596 g/mol. The van der Waals surface area contributed by atoms with Gasteiger partial charge < -0.3 is 35.0 Å². The van der Waals surface area contributed by atoms with Crippen molar-refractivity contribution in [1.82, 2.24) is 10.2 Å². The van der Waals surface area contributed by atoms with Crippen LogP contribution in [0.5, 0.6) is 0 Å². The highest BCUT2D eigenvalue weighted by Gasteiger charge is 2.41. The number of hydrogen-bond donors (Lipinski definition) is 4. The van der Waals surface area contributed by atoms with Crippen molar-refractivity contribution in [2.45, 2.75) is 69.9 Å². The zero-order valence-electron chi connectivity index (χ0n) is 25.4. The number of ether oxygens (including phenoxy) is 2. The van der Waals surface area contributed by atoms with Gasteiger partial charge in [-0.2, -0.15) is 0 Å². The first-order valence-corrected chi connectivity index (χ1v) is 15.8. The summed E-state index contributed by atoms with van der Waals surface area (Å²) < 4.78 is 13.2. The molecule has 2 aliphatic rings. The molecule has 1 amide bonds. The summed E-state index contributed by atoms with van der Waals surface area (Å²) in [5.41, 5.74) is 3.56. The summed E-state index contributed by atoms with van der Waals surface area (Å²) in [5, 5.41) is 33.1. The number of nitrogens with one attached hydrogen (secondary N) is 1. The molecule has 2 saturated heterocycles. The second-order valence-electron chi connectivity index (χ2n) is 12.1. The number of carboxylic acid groups (broad SMARTS) is 1. The predicted molar refractivity (Wildman–Crippen MR) is 169 cm³/mol. The number of hydrogen-bond acceptors (Lipinski definition) is 7. The van der Waals surface area contributed by atoms with Gasteiger partial charge in [0.05, 0.1) is 30.8 Å². The maximum Gasteiger partial charge on any atom is 0.303 e. The Morgan fingerprint density at radius 1 is 0.911 bits per heavy atom. The number of likely N-dealkylation sites (tertiary alicyclic amines) is 1. The molecular formula is C35H41ClN2O7. The van der Waals surface area contributed by atoms with E-state index in [9.17, 15) is 19.8 Å². The van der Waals surface area contributed by atoms with E-state index in [1.807, 2.05) is 72.8 Å². The molecule has 0 aromatic heterocycles. The van der Waals surface area contributed by atoms with Crippen molar-refractivity contribution in [3.63, 3.8) is 0 Å². The van der Waals surface area contributed by atoms with E-state index in [2.05, 4.69) is 17.1 Å². The highest BCUT2D eigenvalue weighted by atomic mass is 35.5. The number of aliphatic carboxylic acids is 1. The number of benzene rings is 3. The first-order chi connectivity index (χ1) is 21.6. The molecule has 2 aliphatic heterocycles. The van der Waals surface area contributed by atoms with Gasteiger partial charge in [0.1, 0.15) is 0 Å². The van der Waals surface area contributed by atoms with Crippen LogP contribution in [0, 0.1) is 5.92 Å². The van der Waals surface area contributed by atoms with Crippen molar-refractivity contribution in [2.24, 2.45) is 5.92 Å². The first kappa shape index (κ1) is 33.1. The molecule has 4 unspecified atom stereocenters. The smallest absolute Gasteiger partial charge is 0.303 e. The Bertz CT molecular complexity index is 1420. The maximum atomic E-state index is 11.9. The van der Waals surface area contributed by atoms with Gasteiger partial charge in [-0.1, -0.05) is 79.2 Å². The Balaban J connectivity index is 1.27. The minimum absolute atomic E-state index is 0.0265. The summed E-state index contributed by atoms with van der Waals surface area (Å²) in [6.45, 7) is 4.53. The zero-order chi connectivity index (χ0) is 32.0. The molecule has 3 aromatic carbocycles. The molecule has 0 aliphatic carbocycles. The number of aliphatic hydroxyl groups is 2. The van der Waals surface area contributed by atoms with E-state index < -0.39 is 17.9 Å². The molecule has 3 aromatic rings. The van der Waals surface area contributed by atoms with Crippen molar-refractivity contribution < 1.29 is 34.4 Å². The van der Waals surface area contributed by atoms with Crippen LogP contribution in [-0.2, 0) is 37.8 Å². The number of carbonyl (C=O) groups is 2. The Labute approximate surface area is 268 Å². The average Bonchev–Trinajstić information content (AvgIpc) is 3.05. The standard InChI is InChI=1S/C35H41ClN2O7/c1-23-30(21-38-18-16-35(43,17-19-38)28-10-12-29(36)13-11-28)44-34(45-33(23)26-6-4-25(22-39)5-7-26)27-8-2-24(3-9-27)20-37-31(40)14-15-32(41)42/h2-13,23,30,33-34,39,43H,14-22H2,1H3,(H,37,40)(H,41,42). The van der Waals surface area contributed by atoms with Gasteiger partial charge in [-0.15, -0.1) is 0 Å². The lowest BCUT2D eigenvalue weighted by molar-refractivity contribution is -0.277. The fraction of sp³-hybridized carbons (Fsp3) is 0.429. The molecule has 0 bridgehead atoms. The van der Waals surface area contributed by atoms with Crippen molar-refractivity contribution >= 4 is 23.5 Å². The fourth-order valence-electron chi connectivity index (χ4n) is 6.04. The second kappa shape index (κ2) is 14.9. The number of piperidine rings is 1. The molecule has 45 heavy (non-hydrogen) atoms. The van der Waals surface area contributed by atoms with Crippen LogP contribution in [0.1, 0.15) is 72.8 Å². The van der Waals surface area contributed by atoms with Gasteiger partial charge in [0.15, 0.2) is 6.29 Å². The van der Waals surface area contributed by atoms with E-state index in [0.29, 0.717) is 31.0 Å². The van der Waals surface area contributed by atoms with Crippen LogP contribution in [0.25, 0.3) is 0 Å². The van der Waals surface area contributed by atoms with E-state index in [0.717, 1.165) is 40.9 Å². The van der Waals surface area contributed by atoms with Gasteiger partial charge in [0.2, 0.25) is 5.91 Å². The Morgan fingerprint density at radius 3 is 2.16 bits per heavy atom. The normalized spacial score (nSPS) is 23.4. The number of amides is 1. The Hall–Kier alpha value is -3.31. The molecule has 0 saturated carbocycles. The van der Waals surface area contributed by atoms with Crippen molar-refractivity contribution in [3.05, 3.63) is 106 Å². The maximum absolute atomic E-state index is 11.9. The number of rotatable bonds is 11. The summed E-state index contributed by atoms with van der Waals surface area (Å²) >= 11 is 6.06. The van der Waals surface area contributed by atoms with Crippen molar-refractivity contribution in [2.75, 3.05) is 19.6 Å². The third-order valence-corrected chi connectivity index (χ3v) is 9.19. The second-order valence-corrected chi connectivity index (χ2v) is 12.5. The predicted octanol–water partition coefficient (Wildman–Crippen LogP) is 5.09.